The summed E-state index contributed by atoms with van der Waals surface area (Å²) in [6.07, 6.45) is 5.26. The fraction of sp³-hybridized carbons (Fsp3) is 0.692. The number of carbonyl (C=O) groups is 1. The van der Waals surface area contributed by atoms with Crippen LogP contribution in [-0.4, -0.2) is 47.2 Å². The van der Waals surface area contributed by atoms with Gasteiger partial charge in [-0.25, -0.2) is 0 Å². The van der Waals surface area contributed by atoms with E-state index in [2.05, 4.69) is 27.3 Å². The Labute approximate surface area is 108 Å². The first-order chi connectivity index (χ1) is 8.75. The first-order valence-corrected chi connectivity index (χ1v) is 6.75. The molecule has 0 unspecified atom stereocenters. The van der Waals surface area contributed by atoms with Crippen LogP contribution in [0.2, 0.25) is 0 Å². The minimum absolute atomic E-state index is 0.0699. The fourth-order valence-electron chi connectivity index (χ4n) is 2.47. The van der Waals surface area contributed by atoms with Gasteiger partial charge in [0, 0.05) is 19.3 Å². The molecule has 2 N–H and O–H groups in total. The zero-order valence-corrected chi connectivity index (χ0v) is 11.0. The molecule has 0 aromatic carbocycles. The van der Waals surface area contributed by atoms with E-state index in [0.29, 0.717) is 5.69 Å². The van der Waals surface area contributed by atoms with E-state index in [-0.39, 0.29) is 5.91 Å². The van der Waals surface area contributed by atoms with Crippen molar-refractivity contribution in [2.45, 2.75) is 26.2 Å². The number of hydrogen-bond donors (Lipinski definition) is 2. The van der Waals surface area contributed by atoms with Gasteiger partial charge in [-0.15, -0.1) is 0 Å². The van der Waals surface area contributed by atoms with Crippen LogP contribution >= 0.6 is 0 Å². The number of piperidine rings is 1. The van der Waals surface area contributed by atoms with E-state index in [9.17, 15) is 4.79 Å². The number of hydrogen-bond acceptors (Lipinski definition) is 3. The Morgan fingerprint density at radius 3 is 3.28 bits per heavy atom. The van der Waals surface area contributed by atoms with Crippen molar-refractivity contribution in [1.29, 1.82) is 0 Å². The summed E-state index contributed by atoms with van der Waals surface area (Å²) in [6.45, 7) is 6.52. The summed E-state index contributed by atoms with van der Waals surface area (Å²) in [5, 5.41) is 9.32. The number of amides is 1. The van der Waals surface area contributed by atoms with Crippen LogP contribution < -0.4 is 5.32 Å². The molecule has 2 heterocycles. The Morgan fingerprint density at radius 1 is 1.67 bits per heavy atom. The molecule has 18 heavy (non-hydrogen) atoms. The Morgan fingerprint density at radius 2 is 2.56 bits per heavy atom. The maximum Gasteiger partial charge on any atom is 0.269 e. The average Bonchev–Trinajstić information content (AvgIpc) is 2.88. The van der Waals surface area contributed by atoms with Gasteiger partial charge < -0.3 is 10.2 Å². The molecule has 1 amide bonds. The topological polar surface area (TPSA) is 61.0 Å². The second-order valence-corrected chi connectivity index (χ2v) is 5.13. The molecule has 1 saturated heterocycles. The van der Waals surface area contributed by atoms with Crippen molar-refractivity contribution in [2.24, 2.45) is 5.92 Å². The average molecular weight is 250 g/mol. The van der Waals surface area contributed by atoms with Gasteiger partial charge in [-0.1, -0.05) is 6.92 Å². The zero-order valence-electron chi connectivity index (χ0n) is 11.0. The molecule has 0 bridgehead atoms. The summed E-state index contributed by atoms with van der Waals surface area (Å²) < 4.78 is 0. The van der Waals surface area contributed by atoms with E-state index in [4.69, 9.17) is 0 Å². The minimum Gasteiger partial charge on any atom is -0.351 e. The standard InChI is InChI=1S/C13H22N4O/c1-11-4-2-8-17(10-11)9-3-6-14-13(18)12-5-7-15-16-12/h5,7,11H,2-4,6,8-10H2,1H3,(H,14,18)(H,15,16)/t11-/m0/s1. The van der Waals surface area contributed by atoms with Crippen molar-refractivity contribution in [3.8, 4) is 0 Å². The van der Waals surface area contributed by atoms with Gasteiger partial charge in [0.1, 0.15) is 5.69 Å². The third-order valence-corrected chi connectivity index (χ3v) is 3.42. The highest BCUT2D eigenvalue weighted by molar-refractivity contribution is 5.91. The van der Waals surface area contributed by atoms with Crippen LogP contribution in [0.4, 0.5) is 0 Å². The predicted molar refractivity (Wildman–Crippen MR) is 70.4 cm³/mol. The minimum atomic E-state index is -0.0699. The molecule has 5 heteroatoms. The number of aromatic amines is 1. The summed E-state index contributed by atoms with van der Waals surface area (Å²) in [7, 11) is 0. The lowest BCUT2D eigenvalue weighted by Crippen LogP contribution is -2.36. The Kier molecular flexibility index (Phi) is 4.75. The third-order valence-electron chi connectivity index (χ3n) is 3.42. The largest absolute Gasteiger partial charge is 0.351 e. The third kappa shape index (κ3) is 3.84. The van der Waals surface area contributed by atoms with Crippen LogP contribution in [0.25, 0.3) is 0 Å². The van der Waals surface area contributed by atoms with Crippen LogP contribution in [0.5, 0.6) is 0 Å². The fourth-order valence-corrected chi connectivity index (χ4v) is 2.47. The number of nitrogens with zero attached hydrogens (tertiary/aromatic N) is 2. The van der Waals surface area contributed by atoms with Crippen molar-refractivity contribution < 1.29 is 4.79 Å². The molecule has 1 aromatic heterocycles. The van der Waals surface area contributed by atoms with Crippen molar-refractivity contribution in [2.75, 3.05) is 26.2 Å². The number of likely N-dealkylation sites (tertiary alicyclic amines) is 1. The van der Waals surface area contributed by atoms with Gasteiger partial charge in [0.05, 0.1) is 0 Å². The van der Waals surface area contributed by atoms with E-state index in [1.807, 2.05) is 0 Å². The van der Waals surface area contributed by atoms with Crippen molar-refractivity contribution >= 4 is 5.91 Å². The molecule has 0 saturated carbocycles. The van der Waals surface area contributed by atoms with Gasteiger partial charge in [-0.05, 0) is 44.3 Å². The van der Waals surface area contributed by atoms with Gasteiger partial charge in [-0.3, -0.25) is 9.89 Å². The van der Waals surface area contributed by atoms with Crippen molar-refractivity contribution in [3.05, 3.63) is 18.0 Å². The summed E-state index contributed by atoms with van der Waals surface area (Å²) in [5.41, 5.74) is 0.529. The molecule has 0 radical (unpaired) electrons. The van der Waals surface area contributed by atoms with E-state index < -0.39 is 0 Å². The van der Waals surface area contributed by atoms with Crippen LogP contribution in [0.15, 0.2) is 12.3 Å². The van der Waals surface area contributed by atoms with E-state index in [1.165, 1.54) is 25.9 Å². The maximum atomic E-state index is 11.6. The molecule has 1 aliphatic rings. The van der Waals surface area contributed by atoms with E-state index >= 15 is 0 Å². The lowest BCUT2D eigenvalue weighted by Gasteiger charge is -2.30. The van der Waals surface area contributed by atoms with Gasteiger partial charge in [0.2, 0.25) is 0 Å². The molecule has 1 atom stereocenters. The van der Waals surface area contributed by atoms with Crippen LogP contribution in [0, 0.1) is 5.92 Å². The molecule has 0 spiro atoms. The zero-order chi connectivity index (χ0) is 12.8. The van der Waals surface area contributed by atoms with Gasteiger partial charge in [0.15, 0.2) is 0 Å². The smallest absolute Gasteiger partial charge is 0.269 e. The Balaban J connectivity index is 1.60. The summed E-state index contributed by atoms with van der Waals surface area (Å²) in [5.74, 6) is 0.748. The predicted octanol–water partition coefficient (Wildman–Crippen LogP) is 1.26. The second-order valence-electron chi connectivity index (χ2n) is 5.13. The highest BCUT2D eigenvalue weighted by Crippen LogP contribution is 2.15. The van der Waals surface area contributed by atoms with E-state index in [1.54, 1.807) is 12.3 Å². The molecular formula is C13H22N4O. The summed E-state index contributed by atoms with van der Waals surface area (Å²) in [6, 6.07) is 1.68. The maximum absolute atomic E-state index is 11.6. The van der Waals surface area contributed by atoms with Crippen molar-refractivity contribution in [1.82, 2.24) is 20.4 Å². The summed E-state index contributed by atoms with van der Waals surface area (Å²) >= 11 is 0. The Hall–Kier alpha value is -1.36. The van der Waals surface area contributed by atoms with Crippen LogP contribution in [0.1, 0.15) is 36.7 Å². The first-order valence-electron chi connectivity index (χ1n) is 6.75. The Bertz CT molecular complexity index is 363. The lowest BCUT2D eigenvalue weighted by atomic mass is 10.0. The highest BCUT2D eigenvalue weighted by atomic mass is 16.1. The SMILES string of the molecule is C[C@H]1CCCN(CCCNC(=O)c2ccn[nH]2)C1. The second kappa shape index (κ2) is 6.54. The normalized spacial score (nSPS) is 20.8. The van der Waals surface area contributed by atoms with Crippen LogP contribution in [-0.2, 0) is 0 Å². The number of carbonyl (C=O) groups excluding carboxylic acids is 1. The first kappa shape index (κ1) is 13.1. The van der Waals surface area contributed by atoms with Gasteiger partial charge >= 0.3 is 0 Å². The number of nitrogens with one attached hydrogen (secondary N) is 2. The van der Waals surface area contributed by atoms with Gasteiger partial charge in [-0.2, -0.15) is 5.10 Å². The molecule has 1 fully saturated rings. The molecule has 1 aliphatic heterocycles. The van der Waals surface area contributed by atoms with E-state index in [0.717, 1.165) is 25.4 Å². The molecule has 1 aromatic rings. The van der Waals surface area contributed by atoms with Crippen molar-refractivity contribution in [3.63, 3.8) is 0 Å². The molecule has 0 aliphatic carbocycles. The molecular weight excluding hydrogens is 228 g/mol. The molecule has 2 rings (SSSR count). The number of rotatable bonds is 5. The number of aromatic nitrogens is 2. The quantitative estimate of drug-likeness (QED) is 0.773. The van der Waals surface area contributed by atoms with Crippen LogP contribution in [0.3, 0.4) is 0 Å². The van der Waals surface area contributed by atoms with Gasteiger partial charge in [0.25, 0.3) is 5.91 Å². The molecule has 5 nitrogen and oxygen atoms in total. The summed E-state index contributed by atoms with van der Waals surface area (Å²) in [4.78, 5) is 14.1. The molecule has 100 valence electrons. The number of H-pyrrole nitrogens is 1. The highest BCUT2D eigenvalue weighted by Gasteiger charge is 2.15. The lowest BCUT2D eigenvalue weighted by molar-refractivity contribution is 0.0945. The monoisotopic (exact) mass is 250 g/mol.